The Morgan fingerprint density at radius 2 is 1.16 bits per heavy atom. The summed E-state index contributed by atoms with van der Waals surface area (Å²) in [6.45, 7) is 8.61. The van der Waals surface area contributed by atoms with Crippen molar-refractivity contribution < 1.29 is 4.79 Å². The van der Waals surface area contributed by atoms with Crippen LogP contribution in [0.3, 0.4) is 0 Å². The first-order valence-electron chi connectivity index (χ1n) is 8.76. The lowest BCUT2D eigenvalue weighted by atomic mass is 9.41. The van der Waals surface area contributed by atoms with Crippen LogP contribution in [0.1, 0.15) is 38.8 Å². The topological polar surface area (TPSA) is 17.1 Å². The third-order valence-corrected chi connectivity index (χ3v) is 10.3. The predicted octanol–water partition coefficient (Wildman–Crippen LogP) is 5.74. The van der Waals surface area contributed by atoms with Crippen LogP contribution in [0.2, 0.25) is 0 Å². The molecule has 0 N–H and O–H groups in total. The average molecular weight is 369 g/mol. The lowest BCUT2D eigenvalue weighted by Gasteiger charge is -2.69. The fourth-order valence-corrected chi connectivity index (χ4v) is 10.2. The van der Waals surface area contributed by atoms with Crippen LogP contribution in [0.25, 0.3) is 0 Å². The molecule has 3 heteroatoms. The summed E-state index contributed by atoms with van der Waals surface area (Å²) in [5.74, 6) is 0.381. The molecule has 1 spiro atoms. The quantitative estimate of drug-likeness (QED) is 0.672. The van der Waals surface area contributed by atoms with Gasteiger partial charge < -0.3 is 0 Å². The Bertz CT molecular complexity index is 751. The van der Waals surface area contributed by atoms with Crippen molar-refractivity contribution in [2.45, 2.75) is 37.2 Å². The van der Waals surface area contributed by atoms with E-state index in [1.807, 2.05) is 23.5 Å². The van der Waals surface area contributed by atoms with Crippen LogP contribution in [0.15, 0.2) is 60.7 Å². The van der Waals surface area contributed by atoms with Gasteiger partial charge in [-0.2, -0.15) is 0 Å². The van der Waals surface area contributed by atoms with Gasteiger partial charge in [-0.05, 0) is 11.1 Å². The van der Waals surface area contributed by atoms with Gasteiger partial charge in [-0.15, -0.1) is 23.5 Å². The SMILES string of the molecule is CC1(C)C(=O)C(C)(C)C12SCSC2(c1ccccc1)c1ccccc1. The lowest BCUT2D eigenvalue weighted by Crippen LogP contribution is -2.77. The number of hydrogen-bond acceptors (Lipinski definition) is 3. The van der Waals surface area contributed by atoms with E-state index in [4.69, 9.17) is 0 Å². The second-order valence-electron chi connectivity index (χ2n) is 8.08. The molecule has 0 amide bonds. The maximum Gasteiger partial charge on any atom is 0.147 e. The Hall–Kier alpha value is -1.19. The average Bonchev–Trinajstić information content (AvgIpc) is 3.07. The summed E-state index contributed by atoms with van der Waals surface area (Å²) < 4.78 is -0.390. The van der Waals surface area contributed by atoms with E-state index in [1.165, 1.54) is 11.1 Å². The van der Waals surface area contributed by atoms with Gasteiger partial charge in [0.1, 0.15) is 5.78 Å². The first-order chi connectivity index (χ1) is 11.8. The standard InChI is InChI=1S/C22H24OS2/c1-19(2)18(23)20(3,4)22(19)21(24-15-25-22,16-11-7-5-8-12-16)17-13-9-6-10-14-17/h5-14H,15H2,1-4H3. The molecule has 0 unspecified atom stereocenters. The fraction of sp³-hybridized carbons (Fsp3) is 0.409. The lowest BCUT2D eigenvalue weighted by molar-refractivity contribution is -0.162. The van der Waals surface area contributed by atoms with Gasteiger partial charge in [0, 0.05) is 15.9 Å². The molecular formula is C22H24OS2. The number of thioether (sulfide) groups is 2. The van der Waals surface area contributed by atoms with Crippen molar-refractivity contribution >= 4 is 29.3 Å². The molecule has 0 bridgehead atoms. The monoisotopic (exact) mass is 368 g/mol. The highest BCUT2D eigenvalue weighted by atomic mass is 32.2. The molecule has 130 valence electrons. The van der Waals surface area contributed by atoms with E-state index in [-0.39, 0.29) is 20.3 Å². The van der Waals surface area contributed by atoms with Gasteiger partial charge in [0.05, 0.1) is 9.49 Å². The van der Waals surface area contributed by atoms with Gasteiger partial charge in [-0.3, -0.25) is 4.79 Å². The molecule has 1 saturated carbocycles. The molecule has 2 aliphatic rings. The molecule has 1 aliphatic carbocycles. The molecule has 0 atom stereocenters. The van der Waals surface area contributed by atoms with Crippen LogP contribution in [0, 0.1) is 10.8 Å². The van der Waals surface area contributed by atoms with Gasteiger partial charge in [-0.25, -0.2) is 0 Å². The minimum atomic E-state index is -0.365. The van der Waals surface area contributed by atoms with E-state index >= 15 is 0 Å². The molecule has 2 fully saturated rings. The third-order valence-electron chi connectivity index (χ3n) is 6.30. The van der Waals surface area contributed by atoms with E-state index in [9.17, 15) is 4.79 Å². The molecule has 1 heterocycles. The van der Waals surface area contributed by atoms with E-state index < -0.39 is 0 Å². The molecular weight excluding hydrogens is 344 g/mol. The number of carbonyl (C=O) groups excluding carboxylic acids is 1. The molecule has 0 aromatic heterocycles. The second-order valence-corrected chi connectivity index (χ2v) is 10.8. The first-order valence-corrected chi connectivity index (χ1v) is 10.7. The van der Waals surface area contributed by atoms with Gasteiger partial charge >= 0.3 is 0 Å². The van der Waals surface area contributed by atoms with Crippen LogP contribution in [0.4, 0.5) is 0 Å². The maximum absolute atomic E-state index is 13.1. The maximum atomic E-state index is 13.1. The number of benzene rings is 2. The summed E-state index contributed by atoms with van der Waals surface area (Å²) in [5, 5.41) is 1.00. The van der Waals surface area contributed by atoms with E-state index in [1.54, 1.807) is 0 Å². The predicted molar refractivity (Wildman–Crippen MR) is 109 cm³/mol. The minimum absolute atomic E-state index is 0.169. The van der Waals surface area contributed by atoms with Crippen molar-refractivity contribution in [3.05, 3.63) is 71.8 Å². The van der Waals surface area contributed by atoms with Gasteiger partial charge in [0.2, 0.25) is 0 Å². The van der Waals surface area contributed by atoms with Crippen molar-refractivity contribution in [3.63, 3.8) is 0 Å². The van der Waals surface area contributed by atoms with Crippen molar-refractivity contribution in [1.29, 1.82) is 0 Å². The number of carbonyl (C=O) groups is 1. The van der Waals surface area contributed by atoms with Crippen LogP contribution >= 0.6 is 23.5 Å². The number of rotatable bonds is 2. The van der Waals surface area contributed by atoms with Crippen molar-refractivity contribution in [3.8, 4) is 0 Å². The number of ketones is 1. The van der Waals surface area contributed by atoms with Gasteiger partial charge in [-0.1, -0.05) is 88.4 Å². The summed E-state index contributed by atoms with van der Waals surface area (Å²) in [7, 11) is 0. The number of Topliss-reactive ketones (excluding diaryl/α,β-unsaturated/α-hetero) is 1. The van der Waals surface area contributed by atoms with Crippen LogP contribution in [0.5, 0.6) is 0 Å². The van der Waals surface area contributed by atoms with Gasteiger partial charge in [0.25, 0.3) is 0 Å². The summed E-state index contributed by atoms with van der Waals surface area (Å²) in [5.41, 5.74) is 1.89. The first kappa shape index (κ1) is 17.2. The van der Waals surface area contributed by atoms with Crippen molar-refractivity contribution in [1.82, 2.24) is 0 Å². The molecule has 4 rings (SSSR count). The van der Waals surface area contributed by atoms with E-state index in [0.29, 0.717) is 5.78 Å². The Balaban J connectivity index is 2.07. The minimum Gasteiger partial charge on any atom is -0.298 e. The molecule has 0 radical (unpaired) electrons. The van der Waals surface area contributed by atoms with E-state index in [2.05, 4.69) is 88.4 Å². The molecule has 2 aromatic rings. The summed E-state index contributed by atoms with van der Waals surface area (Å²) in [6.07, 6.45) is 0. The highest BCUT2D eigenvalue weighted by Gasteiger charge is 2.81. The van der Waals surface area contributed by atoms with Crippen LogP contribution < -0.4 is 0 Å². The Kier molecular flexibility index (Phi) is 3.73. The Morgan fingerprint density at radius 1 is 0.720 bits per heavy atom. The van der Waals surface area contributed by atoms with E-state index in [0.717, 1.165) is 5.08 Å². The van der Waals surface area contributed by atoms with Crippen LogP contribution in [-0.4, -0.2) is 15.6 Å². The zero-order chi connectivity index (χ0) is 17.9. The molecule has 2 aromatic carbocycles. The summed E-state index contributed by atoms with van der Waals surface area (Å²) in [4.78, 5) is 13.1. The largest absolute Gasteiger partial charge is 0.298 e. The zero-order valence-corrected chi connectivity index (χ0v) is 16.8. The molecule has 1 nitrogen and oxygen atoms in total. The molecule has 1 aliphatic heterocycles. The van der Waals surface area contributed by atoms with Crippen molar-refractivity contribution in [2.75, 3.05) is 5.08 Å². The van der Waals surface area contributed by atoms with Crippen LogP contribution in [-0.2, 0) is 9.54 Å². The highest BCUT2D eigenvalue weighted by molar-refractivity contribution is 8.20. The fourth-order valence-electron chi connectivity index (χ4n) is 5.56. The Labute approximate surface area is 159 Å². The molecule has 25 heavy (non-hydrogen) atoms. The molecule has 1 saturated heterocycles. The highest BCUT2D eigenvalue weighted by Crippen LogP contribution is 2.79. The van der Waals surface area contributed by atoms with Crippen molar-refractivity contribution in [2.24, 2.45) is 10.8 Å². The summed E-state index contributed by atoms with van der Waals surface area (Å²) in [6, 6.07) is 21.6. The third kappa shape index (κ3) is 1.81. The summed E-state index contributed by atoms with van der Waals surface area (Å²) >= 11 is 3.98. The smallest absolute Gasteiger partial charge is 0.147 e. The number of hydrogen-bond donors (Lipinski definition) is 0. The van der Waals surface area contributed by atoms with Gasteiger partial charge in [0.15, 0.2) is 0 Å². The normalized spacial score (nSPS) is 24.9. The Morgan fingerprint density at radius 3 is 1.60 bits per heavy atom. The zero-order valence-electron chi connectivity index (χ0n) is 15.2. The second kappa shape index (κ2) is 5.40.